The molecule has 2 rings (SSSR count). The Hall–Kier alpha value is -0.640. The molecule has 1 unspecified atom stereocenters. The van der Waals surface area contributed by atoms with Crippen LogP contribution in [0.4, 0.5) is 4.39 Å². The summed E-state index contributed by atoms with van der Waals surface area (Å²) in [5, 5.41) is 3.49. The molecule has 0 saturated carbocycles. The second-order valence-corrected chi connectivity index (χ2v) is 4.80. The maximum Gasteiger partial charge on any atom is 0.141 e. The lowest BCUT2D eigenvalue weighted by Gasteiger charge is -2.30. The highest BCUT2D eigenvalue weighted by molar-refractivity contribution is 6.30. The van der Waals surface area contributed by atoms with Gasteiger partial charge in [0.25, 0.3) is 0 Å². The van der Waals surface area contributed by atoms with Crippen LogP contribution in [0, 0.1) is 11.7 Å². The fraction of sp³-hybridized carbons (Fsp3) is 0.538. The molecule has 1 aromatic carbocycles. The number of hydrogen-bond donors (Lipinski definition) is 1. The summed E-state index contributed by atoms with van der Waals surface area (Å²) in [7, 11) is 1.93. The van der Waals surface area contributed by atoms with E-state index in [0.29, 0.717) is 5.92 Å². The normalized spacial score (nSPS) is 19.2. The Labute approximate surface area is 106 Å². The lowest BCUT2D eigenvalue weighted by molar-refractivity contribution is 0.0546. The van der Waals surface area contributed by atoms with Crippen LogP contribution in [0.15, 0.2) is 18.2 Å². The van der Waals surface area contributed by atoms with Crippen molar-refractivity contribution >= 4 is 11.6 Å². The summed E-state index contributed by atoms with van der Waals surface area (Å²) < 4.78 is 18.5. The molecular formula is C13H17ClFNO. The molecule has 17 heavy (non-hydrogen) atoms. The van der Waals surface area contributed by atoms with Crippen LogP contribution in [0.3, 0.4) is 0 Å². The minimum absolute atomic E-state index is 0.190. The fourth-order valence-corrected chi connectivity index (χ4v) is 2.62. The lowest BCUT2D eigenvalue weighted by Crippen LogP contribution is -2.30. The molecule has 1 aromatic rings. The summed E-state index contributed by atoms with van der Waals surface area (Å²) in [6.45, 7) is 1.61. The Bertz CT molecular complexity index is 380. The van der Waals surface area contributed by atoms with Gasteiger partial charge in [-0.05, 0) is 43.5 Å². The monoisotopic (exact) mass is 257 g/mol. The van der Waals surface area contributed by atoms with Crippen molar-refractivity contribution in [2.24, 2.45) is 5.92 Å². The maximum atomic E-state index is 13.1. The van der Waals surface area contributed by atoms with Crippen LogP contribution < -0.4 is 5.32 Å². The number of hydrogen-bond acceptors (Lipinski definition) is 2. The minimum atomic E-state index is -0.364. The van der Waals surface area contributed by atoms with Crippen LogP contribution >= 0.6 is 11.6 Å². The van der Waals surface area contributed by atoms with Gasteiger partial charge in [0.2, 0.25) is 0 Å². The van der Waals surface area contributed by atoms with Gasteiger partial charge in [0.15, 0.2) is 0 Å². The van der Waals surface area contributed by atoms with Gasteiger partial charge in [0, 0.05) is 19.3 Å². The molecule has 1 fully saturated rings. The molecule has 2 nitrogen and oxygen atoms in total. The van der Waals surface area contributed by atoms with E-state index < -0.39 is 0 Å². The fourth-order valence-electron chi connectivity index (χ4n) is 2.43. The van der Waals surface area contributed by atoms with Crippen molar-refractivity contribution in [3.05, 3.63) is 34.6 Å². The molecule has 0 bridgehead atoms. The summed E-state index contributed by atoms with van der Waals surface area (Å²) in [5.41, 5.74) is 1.05. The first kappa shape index (κ1) is 12.8. The van der Waals surface area contributed by atoms with Crippen LogP contribution in [0.5, 0.6) is 0 Å². The zero-order valence-electron chi connectivity index (χ0n) is 9.88. The predicted molar refractivity (Wildman–Crippen MR) is 66.8 cm³/mol. The van der Waals surface area contributed by atoms with Crippen LogP contribution in [0.1, 0.15) is 24.4 Å². The number of halogens is 2. The van der Waals surface area contributed by atoms with E-state index in [2.05, 4.69) is 5.32 Å². The number of benzene rings is 1. The van der Waals surface area contributed by atoms with Crippen molar-refractivity contribution in [1.82, 2.24) is 5.32 Å². The predicted octanol–water partition coefficient (Wildman–Crippen LogP) is 3.17. The van der Waals surface area contributed by atoms with Crippen LogP contribution in [-0.2, 0) is 4.74 Å². The molecule has 0 radical (unpaired) electrons. The lowest BCUT2D eigenvalue weighted by atomic mass is 9.87. The summed E-state index contributed by atoms with van der Waals surface area (Å²) in [4.78, 5) is 0. The van der Waals surface area contributed by atoms with Gasteiger partial charge < -0.3 is 10.1 Å². The molecule has 1 aliphatic heterocycles. The highest BCUT2D eigenvalue weighted by Crippen LogP contribution is 2.31. The summed E-state index contributed by atoms with van der Waals surface area (Å²) in [5.74, 6) is 0.160. The third-order valence-corrected chi connectivity index (χ3v) is 3.64. The number of ether oxygens (including phenoxy) is 1. The Kier molecular flexibility index (Phi) is 4.37. The molecule has 4 heteroatoms. The molecule has 1 saturated heterocycles. The first-order valence-corrected chi connectivity index (χ1v) is 6.30. The van der Waals surface area contributed by atoms with Gasteiger partial charge in [-0.15, -0.1) is 0 Å². The number of rotatable bonds is 3. The van der Waals surface area contributed by atoms with E-state index in [0.717, 1.165) is 31.6 Å². The van der Waals surface area contributed by atoms with Crippen molar-refractivity contribution < 1.29 is 9.13 Å². The smallest absolute Gasteiger partial charge is 0.141 e. The quantitative estimate of drug-likeness (QED) is 0.898. The average molecular weight is 258 g/mol. The Morgan fingerprint density at radius 2 is 2.12 bits per heavy atom. The third-order valence-electron chi connectivity index (χ3n) is 3.35. The van der Waals surface area contributed by atoms with Crippen molar-refractivity contribution in [3.63, 3.8) is 0 Å². The Morgan fingerprint density at radius 3 is 2.71 bits per heavy atom. The van der Waals surface area contributed by atoms with Gasteiger partial charge in [0.05, 0.1) is 5.02 Å². The second kappa shape index (κ2) is 5.80. The van der Waals surface area contributed by atoms with Gasteiger partial charge in [-0.25, -0.2) is 4.39 Å². The van der Waals surface area contributed by atoms with E-state index in [9.17, 15) is 4.39 Å². The molecule has 94 valence electrons. The van der Waals surface area contributed by atoms with E-state index >= 15 is 0 Å². The summed E-state index contributed by atoms with van der Waals surface area (Å²) >= 11 is 5.83. The van der Waals surface area contributed by atoms with Gasteiger partial charge in [-0.2, -0.15) is 0 Å². The van der Waals surface area contributed by atoms with E-state index in [-0.39, 0.29) is 16.9 Å². The van der Waals surface area contributed by atoms with E-state index in [1.165, 1.54) is 6.07 Å². The highest BCUT2D eigenvalue weighted by Gasteiger charge is 2.24. The molecule has 0 aromatic heterocycles. The number of nitrogens with one attached hydrogen (secondary N) is 1. The summed E-state index contributed by atoms with van der Waals surface area (Å²) in [6.07, 6.45) is 2.06. The van der Waals surface area contributed by atoms with Crippen molar-refractivity contribution in [2.45, 2.75) is 18.9 Å². The van der Waals surface area contributed by atoms with E-state index in [1.807, 2.05) is 7.05 Å². The Balaban J connectivity index is 2.18. The van der Waals surface area contributed by atoms with Crippen LogP contribution in [0.25, 0.3) is 0 Å². The summed E-state index contributed by atoms with van der Waals surface area (Å²) in [6, 6.07) is 5.17. The van der Waals surface area contributed by atoms with Gasteiger partial charge in [0.1, 0.15) is 5.82 Å². The van der Waals surface area contributed by atoms with E-state index in [1.54, 1.807) is 12.1 Å². The van der Waals surface area contributed by atoms with E-state index in [4.69, 9.17) is 16.3 Å². The maximum absolute atomic E-state index is 13.1. The van der Waals surface area contributed by atoms with Crippen LogP contribution in [0.2, 0.25) is 5.02 Å². The highest BCUT2D eigenvalue weighted by atomic mass is 35.5. The topological polar surface area (TPSA) is 21.3 Å². The molecule has 1 atom stereocenters. The Morgan fingerprint density at radius 1 is 1.41 bits per heavy atom. The van der Waals surface area contributed by atoms with Gasteiger partial charge in [-0.1, -0.05) is 17.7 Å². The molecule has 1 heterocycles. The SMILES string of the molecule is CNC(c1ccc(F)c(Cl)c1)C1CCOCC1. The third kappa shape index (κ3) is 2.97. The van der Waals surface area contributed by atoms with Crippen molar-refractivity contribution in [3.8, 4) is 0 Å². The molecular weight excluding hydrogens is 241 g/mol. The first-order valence-electron chi connectivity index (χ1n) is 5.92. The molecule has 0 aliphatic carbocycles. The molecule has 1 aliphatic rings. The molecule has 0 amide bonds. The molecule has 0 spiro atoms. The first-order chi connectivity index (χ1) is 8.22. The van der Waals surface area contributed by atoms with Crippen LogP contribution in [-0.4, -0.2) is 20.3 Å². The second-order valence-electron chi connectivity index (χ2n) is 4.39. The molecule has 1 N–H and O–H groups in total. The average Bonchev–Trinajstić information content (AvgIpc) is 2.36. The standard InChI is InChI=1S/C13H17ClFNO/c1-16-13(9-4-6-17-7-5-9)10-2-3-12(15)11(14)8-10/h2-3,8-9,13,16H,4-7H2,1H3. The van der Waals surface area contributed by atoms with Gasteiger partial charge >= 0.3 is 0 Å². The van der Waals surface area contributed by atoms with Crippen molar-refractivity contribution in [2.75, 3.05) is 20.3 Å². The van der Waals surface area contributed by atoms with Crippen molar-refractivity contribution in [1.29, 1.82) is 0 Å². The zero-order valence-corrected chi connectivity index (χ0v) is 10.6. The van der Waals surface area contributed by atoms with Gasteiger partial charge in [-0.3, -0.25) is 0 Å². The largest absolute Gasteiger partial charge is 0.381 e. The zero-order chi connectivity index (χ0) is 12.3. The minimum Gasteiger partial charge on any atom is -0.381 e.